The Balaban J connectivity index is 1.81. The van der Waals surface area contributed by atoms with Gasteiger partial charge < -0.3 is 10.1 Å². The molecule has 0 aromatic heterocycles. The smallest absolute Gasteiger partial charge is 0.260 e. The minimum Gasteiger partial charge on any atom is -0.481 e. The van der Waals surface area contributed by atoms with Crippen LogP contribution >= 0.6 is 0 Å². The van der Waals surface area contributed by atoms with Crippen molar-refractivity contribution in [3.8, 4) is 5.75 Å². The number of nitrogens with one attached hydrogen (secondary N) is 1. The molecule has 0 radical (unpaired) electrons. The fourth-order valence-corrected chi connectivity index (χ4v) is 2.32. The molecule has 3 nitrogen and oxygen atoms in total. The van der Waals surface area contributed by atoms with E-state index in [0.29, 0.717) is 6.04 Å². The molecule has 0 saturated heterocycles. The van der Waals surface area contributed by atoms with Crippen LogP contribution in [0, 0.1) is 0 Å². The lowest BCUT2D eigenvalue weighted by Gasteiger charge is -2.24. The Morgan fingerprint density at radius 2 is 1.89 bits per heavy atom. The highest BCUT2D eigenvalue weighted by Gasteiger charge is 2.20. The lowest BCUT2D eigenvalue weighted by molar-refractivity contribution is -0.128. The molecule has 98 valence electrons. The van der Waals surface area contributed by atoms with Crippen LogP contribution in [0.25, 0.3) is 0 Å². The fourth-order valence-electron chi connectivity index (χ4n) is 2.32. The molecule has 1 aromatic rings. The van der Waals surface area contributed by atoms with Crippen molar-refractivity contribution in [3.63, 3.8) is 0 Å². The molecule has 2 rings (SSSR count). The first-order chi connectivity index (χ1) is 8.75. The average Bonchev–Trinajstić information content (AvgIpc) is 2.41. The van der Waals surface area contributed by atoms with Gasteiger partial charge in [-0.3, -0.25) is 4.79 Å². The van der Waals surface area contributed by atoms with Crippen LogP contribution in [0.4, 0.5) is 0 Å². The zero-order chi connectivity index (χ0) is 12.8. The highest BCUT2D eigenvalue weighted by atomic mass is 16.5. The largest absolute Gasteiger partial charge is 0.481 e. The second kappa shape index (κ2) is 6.43. The number of ether oxygens (including phenoxy) is 1. The maximum atomic E-state index is 12.0. The topological polar surface area (TPSA) is 38.3 Å². The molecular formula is C15H21NO2. The van der Waals surface area contributed by atoms with Crippen molar-refractivity contribution >= 4 is 5.91 Å². The van der Waals surface area contributed by atoms with Gasteiger partial charge in [0.1, 0.15) is 5.75 Å². The molecule has 18 heavy (non-hydrogen) atoms. The third-order valence-electron chi connectivity index (χ3n) is 3.38. The van der Waals surface area contributed by atoms with Gasteiger partial charge in [0.2, 0.25) is 0 Å². The van der Waals surface area contributed by atoms with Crippen molar-refractivity contribution in [2.24, 2.45) is 0 Å². The number of benzene rings is 1. The first kappa shape index (κ1) is 12.9. The summed E-state index contributed by atoms with van der Waals surface area (Å²) in [4.78, 5) is 12.0. The molecule has 0 spiro atoms. The Labute approximate surface area is 109 Å². The lowest BCUT2D eigenvalue weighted by atomic mass is 9.95. The van der Waals surface area contributed by atoms with Crippen LogP contribution in [0.2, 0.25) is 0 Å². The molecule has 3 heteroatoms. The van der Waals surface area contributed by atoms with Gasteiger partial charge in [0.25, 0.3) is 5.91 Å². The van der Waals surface area contributed by atoms with E-state index in [-0.39, 0.29) is 5.91 Å². The fraction of sp³-hybridized carbons (Fsp3) is 0.533. The van der Waals surface area contributed by atoms with Gasteiger partial charge in [-0.15, -0.1) is 0 Å². The van der Waals surface area contributed by atoms with Crippen molar-refractivity contribution < 1.29 is 9.53 Å². The zero-order valence-electron chi connectivity index (χ0n) is 10.9. The third-order valence-corrected chi connectivity index (χ3v) is 3.38. The molecule has 0 heterocycles. The number of carbonyl (C=O) groups is 1. The molecule has 1 atom stereocenters. The van der Waals surface area contributed by atoms with E-state index in [1.807, 2.05) is 30.3 Å². The SMILES string of the molecule is C[C@H](Oc1ccccc1)C(=O)NC1CCCCC1. The number of hydrogen-bond donors (Lipinski definition) is 1. The van der Waals surface area contributed by atoms with Gasteiger partial charge in [0.05, 0.1) is 0 Å². The van der Waals surface area contributed by atoms with Crippen molar-refractivity contribution in [1.29, 1.82) is 0 Å². The van der Waals surface area contributed by atoms with Crippen molar-refractivity contribution in [3.05, 3.63) is 30.3 Å². The Kier molecular flexibility index (Phi) is 4.62. The summed E-state index contributed by atoms with van der Waals surface area (Å²) in [6.45, 7) is 1.80. The quantitative estimate of drug-likeness (QED) is 0.888. The zero-order valence-corrected chi connectivity index (χ0v) is 10.9. The molecule has 0 unspecified atom stereocenters. The highest BCUT2D eigenvalue weighted by molar-refractivity contribution is 5.81. The summed E-state index contributed by atoms with van der Waals surface area (Å²) in [5.41, 5.74) is 0. The van der Waals surface area contributed by atoms with Gasteiger partial charge in [-0.05, 0) is 31.9 Å². The minimum absolute atomic E-state index is 0.00856. The normalized spacial score (nSPS) is 18.1. The molecule has 1 N–H and O–H groups in total. The van der Waals surface area contributed by atoms with E-state index in [0.717, 1.165) is 18.6 Å². The van der Waals surface area contributed by atoms with Crippen LogP contribution in [0.5, 0.6) is 5.75 Å². The summed E-state index contributed by atoms with van der Waals surface area (Å²) in [6, 6.07) is 9.81. The van der Waals surface area contributed by atoms with E-state index in [9.17, 15) is 4.79 Å². The second-order valence-electron chi connectivity index (χ2n) is 4.92. The summed E-state index contributed by atoms with van der Waals surface area (Å²) in [5, 5.41) is 3.07. The maximum absolute atomic E-state index is 12.0. The monoisotopic (exact) mass is 247 g/mol. The number of hydrogen-bond acceptors (Lipinski definition) is 2. The first-order valence-electron chi connectivity index (χ1n) is 6.78. The number of para-hydroxylation sites is 1. The first-order valence-corrected chi connectivity index (χ1v) is 6.78. The third kappa shape index (κ3) is 3.76. The van der Waals surface area contributed by atoms with Crippen LogP contribution < -0.4 is 10.1 Å². The van der Waals surface area contributed by atoms with Crippen molar-refractivity contribution in [2.75, 3.05) is 0 Å². The van der Waals surface area contributed by atoms with Crippen molar-refractivity contribution in [2.45, 2.75) is 51.2 Å². The van der Waals surface area contributed by atoms with Crippen LogP contribution in [0.3, 0.4) is 0 Å². The summed E-state index contributed by atoms with van der Waals surface area (Å²) < 4.78 is 5.61. The second-order valence-corrected chi connectivity index (χ2v) is 4.92. The van der Waals surface area contributed by atoms with Crippen LogP contribution in [0.15, 0.2) is 30.3 Å². The molecule has 1 aliphatic carbocycles. The Morgan fingerprint density at radius 1 is 1.22 bits per heavy atom. The Hall–Kier alpha value is -1.51. The lowest BCUT2D eigenvalue weighted by Crippen LogP contribution is -2.43. The average molecular weight is 247 g/mol. The molecule has 1 amide bonds. The van der Waals surface area contributed by atoms with Gasteiger partial charge in [-0.25, -0.2) is 0 Å². The van der Waals surface area contributed by atoms with E-state index in [2.05, 4.69) is 5.32 Å². The van der Waals surface area contributed by atoms with E-state index in [1.54, 1.807) is 6.92 Å². The number of amides is 1. The predicted octanol–water partition coefficient (Wildman–Crippen LogP) is 2.90. The van der Waals surface area contributed by atoms with Gasteiger partial charge in [-0.2, -0.15) is 0 Å². The van der Waals surface area contributed by atoms with Crippen LogP contribution in [0.1, 0.15) is 39.0 Å². The molecule has 0 aliphatic heterocycles. The van der Waals surface area contributed by atoms with Gasteiger partial charge in [0, 0.05) is 6.04 Å². The summed E-state index contributed by atoms with van der Waals surface area (Å²) in [6.07, 6.45) is 5.50. The molecule has 1 saturated carbocycles. The minimum atomic E-state index is -0.436. The number of rotatable bonds is 4. The van der Waals surface area contributed by atoms with Gasteiger partial charge in [-0.1, -0.05) is 37.5 Å². The summed E-state index contributed by atoms with van der Waals surface area (Å²) in [7, 11) is 0. The summed E-state index contributed by atoms with van der Waals surface area (Å²) >= 11 is 0. The van der Waals surface area contributed by atoms with E-state index < -0.39 is 6.10 Å². The van der Waals surface area contributed by atoms with E-state index in [4.69, 9.17) is 4.74 Å². The van der Waals surface area contributed by atoms with Gasteiger partial charge >= 0.3 is 0 Å². The molecule has 1 aromatic carbocycles. The van der Waals surface area contributed by atoms with Crippen molar-refractivity contribution in [1.82, 2.24) is 5.32 Å². The highest BCUT2D eigenvalue weighted by Crippen LogP contribution is 2.18. The summed E-state index contributed by atoms with van der Waals surface area (Å²) in [5.74, 6) is 0.731. The van der Waals surface area contributed by atoms with E-state index >= 15 is 0 Å². The van der Waals surface area contributed by atoms with E-state index in [1.165, 1.54) is 19.3 Å². The Bertz CT molecular complexity index is 371. The molecular weight excluding hydrogens is 226 g/mol. The maximum Gasteiger partial charge on any atom is 0.260 e. The molecule has 1 fully saturated rings. The number of carbonyl (C=O) groups excluding carboxylic acids is 1. The van der Waals surface area contributed by atoms with Crippen LogP contribution in [-0.4, -0.2) is 18.1 Å². The van der Waals surface area contributed by atoms with Crippen LogP contribution in [-0.2, 0) is 4.79 Å². The molecule has 0 bridgehead atoms. The standard InChI is InChI=1S/C15H21NO2/c1-12(18-14-10-6-3-7-11-14)15(17)16-13-8-4-2-5-9-13/h3,6-7,10-13H,2,4-5,8-9H2,1H3,(H,16,17)/t12-/m0/s1. The van der Waals surface area contributed by atoms with Gasteiger partial charge in [0.15, 0.2) is 6.10 Å². The Morgan fingerprint density at radius 3 is 2.56 bits per heavy atom. The predicted molar refractivity (Wildman–Crippen MR) is 71.5 cm³/mol. The molecule has 1 aliphatic rings.